The lowest BCUT2D eigenvalue weighted by Crippen LogP contribution is -2.47. The number of aliphatic hydroxyl groups is 1. The zero-order chi connectivity index (χ0) is 23.2. The maximum absolute atomic E-state index is 11.4. The number of hydrogen-bond donors (Lipinski definition) is 1. The highest BCUT2D eigenvalue weighted by molar-refractivity contribution is 6.77. The van der Waals surface area contributed by atoms with Crippen molar-refractivity contribution in [2.24, 2.45) is 17.8 Å². The highest BCUT2D eigenvalue weighted by Gasteiger charge is 2.48. The van der Waals surface area contributed by atoms with Gasteiger partial charge in [0.1, 0.15) is 0 Å². The van der Waals surface area contributed by atoms with Crippen LogP contribution in [0.25, 0.3) is 0 Å². The molecular formula is C28H54O2Si. The summed E-state index contributed by atoms with van der Waals surface area (Å²) in [6.45, 7) is 19.6. The van der Waals surface area contributed by atoms with E-state index in [1.165, 1.54) is 51.4 Å². The molecule has 182 valence electrons. The molecule has 0 saturated heterocycles. The zero-order valence-electron chi connectivity index (χ0n) is 22.2. The molecule has 2 aliphatic rings. The summed E-state index contributed by atoms with van der Waals surface area (Å²) in [5, 5.41) is 11.4. The van der Waals surface area contributed by atoms with Gasteiger partial charge in [0, 0.05) is 12.5 Å². The summed E-state index contributed by atoms with van der Waals surface area (Å²) in [6.07, 6.45) is 14.6. The molecule has 3 heteroatoms. The first-order valence-corrected chi connectivity index (χ1v) is 15.8. The second-order valence-corrected chi connectivity index (χ2v) is 17.1. The summed E-state index contributed by atoms with van der Waals surface area (Å²) >= 11 is 0. The maximum Gasteiger partial charge on any atom is 0.200 e. The third-order valence-electron chi connectivity index (χ3n) is 9.10. The van der Waals surface area contributed by atoms with Gasteiger partial charge in [0.25, 0.3) is 0 Å². The van der Waals surface area contributed by atoms with E-state index >= 15 is 0 Å². The van der Waals surface area contributed by atoms with E-state index in [0.29, 0.717) is 22.5 Å². The first kappa shape index (κ1) is 27.1. The molecule has 3 atom stereocenters. The van der Waals surface area contributed by atoms with Crippen LogP contribution in [-0.2, 0) is 4.43 Å². The Morgan fingerprint density at radius 1 is 0.935 bits per heavy atom. The second-order valence-electron chi connectivity index (χ2n) is 11.6. The summed E-state index contributed by atoms with van der Waals surface area (Å²) in [6, 6.07) is 0. The minimum atomic E-state index is -1.71. The van der Waals surface area contributed by atoms with E-state index in [1.807, 2.05) is 0 Å². The van der Waals surface area contributed by atoms with E-state index in [1.54, 1.807) is 5.57 Å². The van der Waals surface area contributed by atoms with Gasteiger partial charge in [0.05, 0.1) is 5.60 Å². The van der Waals surface area contributed by atoms with Gasteiger partial charge in [-0.25, -0.2) is 0 Å². The van der Waals surface area contributed by atoms with Gasteiger partial charge >= 0.3 is 0 Å². The van der Waals surface area contributed by atoms with Crippen molar-refractivity contribution in [3.63, 3.8) is 0 Å². The monoisotopic (exact) mass is 450 g/mol. The fourth-order valence-corrected chi connectivity index (χ4v) is 13.0. The molecule has 0 aromatic rings. The molecule has 2 nitrogen and oxygen atoms in total. The molecule has 1 fully saturated rings. The lowest BCUT2D eigenvalue weighted by Gasteiger charge is -2.42. The molecule has 0 heterocycles. The Balaban J connectivity index is 1.80. The Morgan fingerprint density at radius 3 is 2.06 bits per heavy atom. The molecule has 0 bridgehead atoms. The maximum atomic E-state index is 11.4. The van der Waals surface area contributed by atoms with Crippen LogP contribution in [0.4, 0.5) is 0 Å². The van der Waals surface area contributed by atoms with Crippen molar-refractivity contribution < 1.29 is 9.53 Å². The van der Waals surface area contributed by atoms with Crippen molar-refractivity contribution in [2.75, 3.05) is 6.61 Å². The molecule has 0 radical (unpaired) electrons. The van der Waals surface area contributed by atoms with Crippen molar-refractivity contribution in [1.82, 2.24) is 0 Å². The van der Waals surface area contributed by atoms with Gasteiger partial charge in [-0.3, -0.25) is 0 Å². The van der Waals surface area contributed by atoms with Crippen molar-refractivity contribution in [1.29, 1.82) is 0 Å². The standard InChI is InChI=1S/C28H54O2Si/c1-9-28(29,10-2)27-25(20-24-17-15-18-26(24)27)16-13-11-12-14-19-30-31(21(3)4,22(5)6)23(7)8/h20-24,26-27,29H,9-19H2,1-8H3/t24-,26-,27-/m1/s1. The van der Waals surface area contributed by atoms with Crippen LogP contribution in [-0.4, -0.2) is 25.6 Å². The SMILES string of the molecule is CCC(O)(CC)[C@@H]1C(CCCCCCO[Si](C(C)C)(C(C)C)C(C)C)=C[C@H]2CCC[C@@H]12. The number of unbranched alkanes of at least 4 members (excludes halogenated alkanes) is 3. The summed E-state index contributed by atoms with van der Waals surface area (Å²) in [4.78, 5) is 0. The number of fused-ring (bicyclic) bond motifs is 1. The Morgan fingerprint density at radius 2 is 1.52 bits per heavy atom. The average Bonchev–Trinajstić information content (AvgIpc) is 3.29. The van der Waals surface area contributed by atoms with Crippen LogP contribution in [0.3, 0.4) is 0 Å². The number of rotatable bonds is 14. The van der Waals surface area contributed by atoms with Crippen molar-refractivity contribution in [3.8, 4) is 0 Å². The minimum absolute atomic E-state index is 0.424. The zero-order valence-corrected chi connectivity index (χ0v) is 23.2. The summed E-state index contributed by atoms with van der Waals surface area (Å²) in [7, 11) is -1.71. The largest absolute Gasteiger partial charge is 0.416 e. The lowest BCUT2D eigenvalue weighted by molar-refractivity contribution is -0.0329. The molecular weight excluding hydrogens is 396 g/mol. The topological polar surface area (TPSA) is 29.5 Å². The first-order chi connectivity index (χ1) is 14.6. The van der Waals surface area contributed by atoms with Crippen LogP contribution < -0.4 is 0 Å². The van der Waals surface area contributed by atoms with E-state index < -0.39 is 13.9 Å². The molecule has 1 saturated carbocycles. The van der Waals surface area contributed by atoms with E-state index in [4.69, 9.17) is 4.43 Å². The van der Waals surface area contributed by atoms with Crippen LogP contribution in [0.2, 0.25) is 16.6 Å². The first-order valence-electron chi connectivity index (χ1n) is 13.7. The second kappa shape index (κ2) is 11.8. The molecule has 2 aliphatic carbocycles. The van der Waals surface area contributed by atoms with Crippen molar-refractivity contribution in [2.45, 2.75) is 142 Å². The molecule has 0 aliphatic heterocycles. The quantitative estimate of drug-likeness (QED) is 0.163. The third kappa shape index (κ3) is 5.87. The van der Waals surface area contributed by atoms with E-state index in [2.05, 4.69) is 61.5 Å². The van der Waals surface area contributed by atoms with Crippen LogP contribution >= 0.6 is 0 Å². The van der Waals surface area contributed by atoms with Gasteiger partial charge < -0.3 is 9.53 Å². The Kier molecular flexibility index (Phi) is 10.4. The molecule has 0 aromatic carbocycles. The van der Waals surface area contributed by atoms with Crippen LogP contribution in [0.15, 0.2) is 11.6 Å². The van der Waals surface area contributed by atoms with Gasteiger partial charge in [0.15, 0.2) is 8.32 Å². The van der Waals surface area contributed by atoms with E-state index in [-0.39, 0.29) is 0 Å². The van der Waals surface area contributed by atoms with Gasteiger partial charge in [-0.2, -0.15) is 0 Å². The van der Waals surface area contributed by atoms with Gasteiger partial charge in [-0.05, 0) is 73.4 Å². The van der Waals surface area contributed by atoms with Crippen LogP contribution in [0.5, 0.6) is 0 Å². The van der Waals surface area contributed by atoms with Crippen molar-refractivity contribution >= 4 is 8.32 Å². The summed E-state index contributed by atoms with van der Waals surface area (Å²) < 4.78 is 6.73. The Hall–Kier alpha value is -0.123. The molecule has 0 aromatic heterocycles. The highest BCUT2D eigenvalue weighted by atomic mass is 28.4. The Bertz CT molecular complexity index is 540. The Labute approximate surface area is 195 Å². The summed E-state index contributed by atoms with van der Waals surface area (Å²) in [5.41, 5.74) is 3.14. The van der Waals surface area contributed by atoms with Gasteiger partial charge in [0.2, 0.25) is 0 Å². The molecule has 0 amide bonds. The predicted octanol–water partition coefficient (Wildman–Crippen LogP) is 8.65. The highest BCUT2D eigenvalue weighted by Crippen LogP contribution is 2.53. The fraction of sp³-hybridized carbons (Fsp3) is 0.929. The van der Waals surface area contributed by atoms with Crippen LogP contribution in [0.1, 0.15) is 120 Å². The molecule has 31 heavy (non-hydrogen) atoms. The minimum Gasteiger partial charge on any atom is -0.416 e. The number of hydrogen-bond acceptors (Lipinski definition) is 2. The fourth-order valence-electron chi connectivity index (χ4n) is 7.50. The normalized spacial score (nSPS) is 24.5. The lowest BCUT2D eigenvalue weighted by atomic mass is 9.72. The third-order valence-corrected chi connectivity index (χ3v) is 15.2. The van der Waals surface area contributed by atoms with Gasteiger partial charge in [-0.15, -0.1) is 0 Å². The molecule has 2 rings (SSSR count). The predicted molar refractivity (Wildman–Crippen MR) is 138 cm³/mol. The van der Waals surface area contributed by atoms with E-state index in [9.17, 15) is 5.11 Å². The van der Waals surface area contributed by atoms with Crippen molar-refractivity contribution in [3.05, 3.63) is 11.6 Å². The summed E-state index contributed by atoms with van der Waals surface area (Å²) in [5.74, 6) is 1.89. The van der Waals surface area contributed by atoms with Gasteiger partial charge in [-0.1, -0.05) is 86.3 Å². The van der Waals surface area contributed by atoms with Crippen LogP contribution in [0, 0.1) is 17.8 Å². The molecule has 1 N–H and O–H groups in total. The molecule has 0 unspecified atom stereocenters. The molecule has 0 spiro atoms. The smallest absolute Gasteiger partial charge is 0.200 e. The average molecular weight is 451 g/mol. The van der Waals surface area contributed by atoms with E-state index in [0.717, 1.165) is 31.3 Å². The number of allylic oxidation sites excluding steroid dienone is 1.